The van der Waals surface area contributed by atoms with Crippen molar-refractivity contribution in [3.8, 4) is 29.1 Å². The number of fused-ring (bicyclic) bond motifs is 5. The third kappa shape index (κ3) is 5.10. The first-order chi connectivity index (χ1) is 23.9. The average Bonchev–Trinajstić information content (AvgIpc) is 3.79. The van der Waals surface area contributed by atoms with E-state index in [0.29, 0.717) is 32.1 Å². The number of alkyl halides is 4. The highest BCUT2D eigenvalue weighted by Crippen LogP contribution is 2.47. The van der Waals surface area contributed by atoms with Gasteiger partial charge in [-0.2, -0.15) is 33.5 Å². The molecular weight excluding hydrogens is 670 g/mol. The second-order valence-electron chi connectivity index (χ2n) is 13.5. The number of aromatic amines is 1. The van der Waals surface area contributed by atoms with E-state index in [-0.39, 0.29) is 42.7 Å². The van der Waals surface area contributed by atoms with Crippen molar-refractivity contribution in [2.75, 3.05) is 32.8 Å². The Labute approximate surface area is 280 Å². The van der Waals surface area contributed by atoms with Crippen LogP contribution < -0.4 is 14.8 Å². The maximum Gasteiger partial charge on any atom is 0.417 e. The van der Waals surface area contributed by atoms with Crippen molar-refractivity contribution in [2.24, 2.45) is 0 Å². The zero-order valence-electron chi connectivity index (χ0n) is 26.6. The molecule has 2 N–H and O–H groups in total. The van der Waals surface area contributed by atoms with Crippen LogP contribution in [0.1, 0.15) is 48.9 Å². The molecule has 4 atom stereocenters. The number of benzene rings is 2. The van der Waals surface area contributed by atoms with Crippen molar-refractivity contribution in [3.05, 3.63) is 40.6 Å². The molecule has 2 aromatic carbocycles. The van der Waals surface area contributed by atoms with E-state index in [2.05, 4.69) is 25.5 Å². The Hall–Kier alpha value is -4.69. The van der Waals surface area contributed by atoms with Gasteiger partial charge in [-0.05, 0) is 56.8 Å². The fourth-order valence-corrected chi connectivity index (χ4v) is 8.40. The number of nitriles is 1. The van der Waals surface area contributed by atoms with Crippen LogP contribution in [0.25, 0.3) is 32.9 Å². The summed E-state index contributed by atoms with van der Waals surface area (Å²) in [7, 11) is 0. The Morgan fingerprint density at radius 1 is 1.16 bits per heavy atom. The highest BCUT2D eigenvalue weighted by Gasteiger charge is 2.49. The number of carbonyl (C=O) groups is 1. The van der Waals surface area contributed by atoms with Crippen LogP contribution in [0.5, 0.6) is 11.9 Å². The Bertz CT molecular complexity index is 2080. The Morgan fingerprint density at radius 2 is 1.92 bits per heavy atom. The van der Waals surface area contributed by atoms with Crippen molar-refractivity contribution in [1.29, 1.82) is 5.26 Å². The minimum absolute atomic E-state index is 0.0453. The fourth-order valence-electron chi connectivity index (χ4n) is 8.40. The van der Waals surface area contributed by atoms with Gasteiger partial charge in [0, 0.05) is 49.1 Å². The van der Waals surface area contributed by atoms with Crippen LogP contribution in [0.2, 0.25) is 0 Å². The first kappa shape index (κ1) is 32.5. The van der Waals surface area contributed by atoms with Crippen LogP contribution in [-0.4, -0.2) is 92.6 Å². The third-order valence-corrected chi connectivity index (χ3v) is 10.5. The summed E-state index contributed by atoms with van der Waals surface area (Å²) >= 11 is 0. The largest absolute Gasteiger partial charge is 0.461 e. The number of hydrogen-bond donors (Lipinski definition) is 2. The van der Waals surface area contributed by atoms with Crippen LogP contribution >= 0.6 is 0 Å². The summed E-state index contributed by atoms with van der Waals surface area (Å²) in [6.45, 7) is 2.95. The summed E-state index contributed by atoms with van der Waals surface area (Å²) in [5, 5.41) is 18.3. The molecule has 4 aromatic rings. The topological polar surface area (TPSA) is 132 Å². The van der Waals surface area contributed by atoms with Crippen LogP contribution in [0, 0.1) is 29.9 Å². The number of ether oxygens (including phenoxy) is 2. The number of carbonyl (C=O) groups excluding carboxylic acids is 1. The van der Waals surface area contributed by atoms with E-state index >= 15 is 8.78 Å². The molecule has 2 unspecified atom stereocenters. The Morgan fingerprint density at radius 3 is 2.64 bits per heavy atom. The zero-order valence-corrected chi connectivity index (χ0v) is 26.6. The fraction of sp³-hybridized carbons (Fsp3) is 0.485. The van der Waals surface area contributed by atoms with Gasteiger partial charge in [-0.15, -0.1) is 0 Å². The summed E-state index contributed by atoms with van der Waals surface area (Å²) in [4.78, 5) is 25.4. The van der Waals surface area contributed by atoms with E-state index in [1.807, 2.05) is 4.90 Å². The molecule has 11 nitrogen and oxygen atoms in total. The van der Waals surface area contributed by atoms with E-state index in [1.165, 1.54) is 0 Å². The number of aryl methyl sites for hydroxylation is 1. The molecule has 1 amide bonds. The SMILES string of the molecule is Cc1cc2[nH]nc(C#N)c2c(-c2c(F)cc3c(OC(=O)N4C5CCC4CNC5)nc(OC[C@@]45CCCN4C[C@H](F)C5)nc3c2F)c1C(F)(F)F. The van der Waals surface area contributed by atoms with Crippen molar-refractivity contribution in [3.63, 3.8) is 0 Å². The molecule has 4 saturated heterocycles. The molecule has 17 heteroatoms. The van der Waals surface area contributed by atoms with Crippen molar-refractivity contribution in [2.45, 2.75) is 69.0 Å². The molecule has 8 rings (SSSR count). The monoisotopic (exact) mass is 700 g/mol. The molecule has 0 saturated carbocycles. The number of hydrogen-bond acceptors (Lipinski definition) is 9. The van der Waals surface area contributed by atoms with Gasteiger partial charge < -0.3 is 14.8 Å². The lowest BCUT2D eigenvalue weighted by Crippen LogP contribution is -2.55. The lowest BCUT2D eigenvalue weighted by atomic mass is 9.90. The molecule has 262 valence electrons. The predicted octanol–water partition coefficient (Wildman–Crippen LogP) is 5.54. The average molecular weight is 701 g/mol. The van der Waals surface area contributed by atoms with Crippen molar-refractivity contribution in [1.82, 2.24) is 35.3 Å². The number of nitrogens with zero attached hydrogens (tertiary/aromatic N) is 6. The number of amides is 1. The van der Waals surface area contributed by atoms with Gasteiger partial charge >= 0.3 is 18.3 Å². The molecule has 4 fully saturated rings. The lowest BCUT2D eigenvalue weighted by Gasteiger charge is -2.34. The molecule has 2 aromatic heterocycles. The van der Waals surface area contributed by atoms with Gasteiger partial charge in [-0.25, -0.2) is 18.0 Å². The van der Waals surface area contributed by atoms with Gasteiger partial charge in [0.05, 0.1) is 27.6 Å². The van der Waals surface area contributed by atoms with E-state index in [9.17, 15) is 27.6 Å². The number of nitrogens with one attached hydrogen (secondary N) is 2. The number of H-pyrrole nitrogens is 1. The summed E-state index contributed by atoms with van der Waals surface area (Å²) < 4.78 is 103. The lowest BCUT2D eigenvalue weighted by molar-refractivity contribution is -0.137. The van der Waals surface area contributed by atoms with Gasteiger partial charge in [0.2, 0.25) is 5.88 Å². The van der Waals surface area contributed by atoms with Gasteiger partial charge in [0.1, 0.15) is 30.2 Å². The third-order valence-electron chi connectivity index (χ3n) is 10.5. The number of aromatic nitrogens is 4. The van der Waals surface area contributed by atoms with Crippen molar-refractivity contribution < 1.29 is 40.6 Å². The van der Waals surface area contributed by atoms with Crippen molar-refractivity contribution >= 4 is 27.9 Å². The molecule has 6 heterocycles. The summed E-state index contributed by atoms with van der Waals surface area (Å²) in [5.41, 5.74) is -5.70. The van der Waals surface area contributed by atoms with Gasteiger partial charge in [-0.1, -0.05) is 0 Å². The van der Waals surface area contributed by atoms with Crippen LogP contribution in [-0.2, 0) is 6.18 Å². The number of piperazine rings is 1. The molecule has 50 heavy (non-hydrogen) atoms. The maximum absolute atomic E-state index is 16.9. The van der Waals surface area contributed by atoms with Gasteiger partial charge in [0.25, 0.3) is 0 Å². The second-order valence-corrected chi connectivity index (χ2v) is 13.5. The molecule has 0 radical (unpaired) electrons. The summed E-state index contributed by atoms with van der Waals surface area (Å²) in [6, 6.07) is 2.64. The normalized spacial score (nSPS) is 25.0. The molecule has 0 aliphatic carbocycles. The summed E-state index contributed by atoms with van der Waals surface area (Å²) in [6.07, 6.45) is -3.95. The van der Waals surface area contributed by atoms with Gasteiger partial charge in [-0.3, -0.25) is 14.9 Å². The van der Waals surface area contributed by atoms with E-state index < -0.39 is 86.2 Å². The Balaban J connectivity index is 1.30. The number of halogens is 6. The molecule has 4 aliphatic heterocycles. The maximum atomic E-state index is 16.9. The highest BCUT2D eigenvalue weighted by molar-refractivity contribution is 6.03. The molecule has 4 aliphatic rings. The van der Waals surface area contributed by atoms with E-state index in [0.717, 1.165) is 32.3 Å². The summed E-state index contributed by atoms with van der Waals surface area (Å²) in [5.74, 6) is -3.53. The van der Waals surface area contributed by atoms with Crippen LogP contribution in [0.4, 0.5) is 31.1 Å². The first-order valence-corrected chi connectivity index (χ1v) is 16.3. The second kappa shape index (κ2) is 11.7. The standard InChI is InChI=1S/C33H30F6N8O3/c1-15-7-21-24(22(10-40)45-44-21)25(26(15)33(37,38)39)23-20(35)8-19-28(27(23)36)42-30(49-14-32-5-2-6-46(32)13-16(34)9-32)43-29(19)50-31(48)47-17-3-4-18(47)12-41-11-17/h7-8,16-18,41H,2-6,9,11-14H2,1H3,(H,44,45)/t16-,17?,18?,32+/m1/s1. The smallest absolute Gasteiger partial charge is 0.417 e. The van der Waals surface area contributed by atoms with Crippen LogP contribution in [0.3, 0.4) is 0 Å². The van der Waals surface area contributed by atoms with Gasteiger partial charge in [0.15, 0.2) is 11.5 Å². The first-order valence-electron chi connectivity index (χ1n) is 16.3. The Kier molecular flexibility index (Phi) is 7.60. The highest BCUT2D eigenvalue weighted by atomic mass is 19.4. The zero-order chi connectivity index (χ0) is 35.1. The van der Waals surface area contributed by atoms with E-state index in [1.54, 1.807) is 11.0 Å². The number of rotatable bonds is 5. The molecular formula is C33H30F6N8O3. The van der Waals surface area contributed by atoms with Crippen LogP contribution in [0.15, 0.2) is 12.1 Å². The minimum atomic E-state index is -5.10. The van der Waals surface area contributed by atoms with E-state index in [4.69, 9.17) is 9.47 Å². The molecule has 2 bridgehead atoms. The quantitative estimate of drug-likeness (QED) is 0.258. The molecule has 0 spiro atoms. The minimum Gasteiger partial charge on any atom is -0.461 e. The predicted molar refractivity (Wildman–Crippen MR) is 165 cm³/mol.